The Morgan fingerprint density at radius 2 is 1.68 bits per heavy atom. The summed E-state index contributed by atoms with van der Waals surface area (Å²) in [5, 5.41) is 0. The van der Waals surface area contributed by atoms with Crippen molar-refractivity contribution in [3.63, 3.8) is 0 Å². The number of carbonyl (C=O) groups excluding carboxylic acids is 1. The number of sulfonamides is 1. The predicted molar refractivity (Wildman–Crippen MR) is 108 cm³/mol. The van der Waals surface area contributed by atoms with E-state index < -0.39 is 10.0 Å². The highest BCUT2D eigenvalue weighted by molar-refractivity contribution is 7.89. The first-order valence-corrected chi connectivity index (χ1v) is 11.2. The van der Waals surface area contributed by atoms with Crippen LogP contribution in [0.5, 0.6) is 0 Å². The average Bonchev–Trinajstić information content (AvgIpc) is 3.24. The molecule has 1 aromatic rings. The third kappa shape index (κ3) is 5.32. The van der Waals surface area contributed by atoms with Crippen molar-refractivity contribution in [3.8, 4) is 12.3 Å². The Morgan fingerprint density at radius 1 is 1.04 bits per heavy atom. The topological polar surface area (TPSA) is 73.0 Å². The summed E-state index contributed by atoms with van der Waals surface area (Å²) in [5.41, 5.74) is 0.383. The SMILES string of the molecule is C#CCNS(=O)(=O)c1cccc(C(=O)N2CCN(CCN3CCCC3)CC2)c1. The maximum Gasteiger partial charge on any atom is 0.253 e. The summed E-state index contributed by atoms with van der Waals surface area (Å²) < 4.78 is 26.8. The van der Waals surface area contributed by atoms with Gasteiger partial charge >= 0.3 is 0 Å². The molecule has 2 heterocycles. The number of nitrogens with zero attached hydrogens (tertiary/aromatic N) is 3. The Labute approximate surface area is 167 Å². The Morgan fingerprint density at radius 3 is 2.32 bits per heavy atom. The quantitative estimate of drug-likeness (QED) is 0.668. The lowest BCUT2D eigenvalue weighted by molar-refractivity contribution is 0.0626. The summed E-state index contributed by atoms with van der Waals surface area (Å²) in [5.74, 6) is 2.11. The molecule has 0 aliphatic carbocycles. The van der Waals surface area contributed by atoms with Crippen LogP contribution in [0.2, 0.25) is 0 Å². The van der Waals surface area contributed by atoms with Crippen LogP contribution in [0.25, 0.3) is 0 Å². The van der Waals surface area contributed by atoms with E-state index >= 15 is 0 Å². The van der Waals surface area contributed by atoms with Crippen LogP contribution in [0.3, 0.4) is 0 Å². The van der Waals surface area contributed by atoms with Crippen molar-refractivity contribution in [1.82, 2.24) is 19.4 Å². The monoisotopic (exact) mass is 404 g/mol. The molecule has 1 amide bonds. The van der Waals surface area contributed by atoms with E-state index in [1.807, 2.05) is 0 Å². The minimum atomic E-state index is -3.71. The number of piperazine rings is 1. The lowest BCUT2D eigenvalue weighted by Crippen LogP contribution is -2.50. The molecule has 0 saturated carbocycles. The number of carbonyl (C=O) groups is 1. The Bertz CT molecular complexity index is 820. The summed E-state index contributed by atoms with van der Waals surface area (Å²) in [6, 6.07) is 6.12. The third-order valence-corrected chi connectivity index (χ3v) is 6.75. The maximum atomic E-state index is 12.8. The van der Waals surface area contributed by atoms with Gasteiger partial charge in [-0.3, -0.25) is 9.69 Å². The van der Waals surface area contributed by atoms with Gasteiger partial charge < -0.3 is 9.80 Å². The maximum absolute atomic E-state index is 12.8. The van der Waals surface area contributed by atoms with Crippen molar-refractivity contribution in [1.29, 1.82) is 0 Å². The van der Waals surface area contributed by atoms with Crippen LogP contribution in [0.4, 0.5) is 0 Å². The van der Waals surface area contributed by atoms with Gasteiger partial charge in [0.25, 0.3) is 5.91 Å². The number of nitrogens with one attached hydrogen (secondary N) is 1. The summed E-state index contributed by atoms with van der Waals surface area (Å²) in [7, 11) is -3.71. The van der Waals surface area contributed by atoms with Crippen LogP contribution >= 0.6 is 0 Å². The average molecular weight is 405 g/mol. The van der Waals surface area contributed by atoms with E-state index in [1.165, 1.54) is 38.1 Å². The van der Waals surface area contributed by atoms with Crippen LogP contribution in [-0.2, 0) is 10.0 Å². The van der Waals surface area contributed by atoms with Gasteiger partial charge in [0.1, 0.15) is 0 Å². The summed E-state index contributed by atoms with van der Waals surface area (Å²) >= 11 is 0. The fraction of sp³-hybridized carbons (Fsp3) is 0.550. The van der Waals surface area contributed by atoms with Crippen LogP contribution < -0.4 is 4.72 Å². The Kier molecular flexibility index (Phi) is 7.08. The molecule has 2 saturated heterocycles. The molecule has 1 aromatic carbocycles. The van der Waals surface area contributed by atoms with Crippen molar-refractivity contribution >= 4 is 15.9 Å². The fourth-order valence-corrected chi connectivity index (χ4v) is 4.64. The van der Waals surface area contributed by atoms with Gasteiger partial charge in [-0.2, -0.15) is 4.72 Å². The number of benzene rings is 1. The van der Waals surface area contributed by atoms with Gasteiger partial charge in [0.2, 0.25) is 10.0 Å². The minimum Gasteiger partial charge on any atom is -0.336 e. The first-order chi connectivity index (χ1) is 13.5. The fourth-order valence-electron chi connectivity index (χ4n) is 3.66. The van der Waals surface area contributed by atoms with E-state index in [0.29, 0.717) is 18.7 Å². The molecule has 0 unspecified atom stereocenters. The summed E-state index contributed by atoms with van der Waals surface area (Å²) in [6.07, 6.45) is 7.71. The van der Waals surface area contributed by atoms with Gasteiger partial charge in [-0.1, -0.05) is 12.0 Å². The second-order valence-corrected chi connectivity index (χ2v) is 9.01. The highest BCUT2D eigenvalue weighted by atomic mass is 32.2. The number of rotatable bonds is 7. The lowest BCUT2D eigenvalue weighted by atomic mass is 10.2. The predicted octanol–water partition coefficient (Wildman–Crippen LogP) is 0.452. The molecule has 152 valence electrons. The van der Waals surface area contributed by atoms with Gasteiger partial charge in [-0.25, -0.2) is 8.42 Å². The smallest absolute Gasteiger partial charge is 0.253 e. The standard InChI is InChI=1S/C20H28N4O3S/c1-2-8-21-28(26,27)19-7-5-6-18(17-19)20(25)24-15-13-23(14-16-24)12-11-22-9-3-4-10-22/h1,5-7,17,21H,3-4,8-16H2. The number of hydrogen-bond donors (Lipinski definition) is 1. The molecule has 1 N–H and O–H groups in total. The first kappa shape index (κ1) is 20.8. The first-order valence-electron chi connectivity index (χ1n) is 9.77. The molecule has 28 heavy (non-hydrogen) atoms. The molecule has 8 heteroatoms. The van der Waals surface area contributed by atoms with Crippen LogP contribution in [0.1, 0.15) is 23.2 Å². The Balaban J connectivity index is 1.55. The highest BCUT2D eigenvalue weighted by Crippen LogP contribution is 2.15. The zero-order chi connectivity index (χ0) is 20.0. The molecule has 0 aromatic heterocycles. The minimum absolute atomic E-state index is 0.0536. The van der Waals surface area contributed by atoms with Crippen LogP contribution in [-0.4, -0.2) is 87.9 Å². The summed E-state index contributed by atoms with van der Waals surface area (Å²) in [4.78, 5) is 19.6. The van der Waals surface area contributed by atoms with E-state index in [4.69, 9.17) is 6.42 Å². The molecule has 0 radical (unpaired) electrons. The van der Waals surface area contributed by atoms with Crippen molar-refractivity contribution < 1.29 is 13.2 Å². The molecule has 0 atom stereocenters. The van der Waals surface area contributed by atoms with Gasteiger partial charge in [-0.15, -0.1) is 6.42 Å². The largest absolute Gasteiger partial charge is 0.336 e. The normalized spacial score (nSPS) is 18.9. The van der Waals surface area contributed by atoms with Crippen molar-refractivity contribution in [2.45, 2.75) is 17.7 Å². The molecular formula is C20H28N4O3S. The number of likely N-dealkylation sites (tertiary alicyclic amines) is 1. The Hall–Kier alpha value is -1.92. The molecule has 2 aliphatic heterocycles. The number of amides is 1. The van der Waals surface area contributed by atoms with E-state index in [1.54, 1.807) is 17.0 Å². The van der Waals surface area contributed by atoms with Crippen molar-refractivity contribution in [3.05, 3.63) is 29.8 Å². The number of terminal acetylenes is 1. The second kappa shape index (κ2) is 9.52. The van der Waals surface area contributed by atoms with Crippen molar-refractivity contribution in [2.24, 2.45) is 0 Å². The van der Waals surface area contributed by atoms with E-state index in [2.05, 4.69) is 20.4 Å². The molecule has 3 rings (SSSR count). The van der Waals surface area contributed by atoms with Gasteiger partial charge in [0, 0.05) is 44.8 Å². The van der Waals surface area contributed by atoms with Gasteiger partial charge in [0.05, 0.1) is 11.4 Å². The molecule has 7 nitrogen and oxygen atoms in total. The molecular weight excluding hydrogens is 376 g/mol. The van der Waals surface area contributed by atoms with Crippen LogP contribution in [0, 0.1) is 12.3 Å². The van der Waals surface area contributed by atoms with Crippen LogP contribution in [0.15, 0.2) is 29.2 Å². The highest BCUT2D eigenvalue weighted by Gasteiger charge is 2.24. The van der Waals surface area contributed by atoms with E-state index in [0.717, 1.165) is 26.2 Å². The molecule has 2 aliphatic rings. The van der Waals surface area contributed by atoms with Gasteiger partial charge in [-0.05, 0) is 44.1 Å². The molecule has 2 fully saturated rings. The van der Waals surface area contributed by atoms with E-state index in [-0.39, 0.29) is 17.3 Å². The number of hydrogen-bond acceptors (Lipinski definition) is 5. The molecule has 0 spiro atoms. The van der Waals surface area contributed by atoms with Crippen molar-refractivity contribution in [2.75, 3.05) is 58.9 Å². The van der Waals surface area contributed by atoms with Gasteiger partial charge in [0.15, 0.2) is 0 Å². The zero-order valence-electron chi connectivity index (χ0n) is 16.1. The summed E-state index contributed by atoms with van der Waals surface area (Å²) in [6.45, 7) is 7.47. The van der Waals surface area contributed by atoms with E-state index in [9.17, 15) is 13.2 Å². The lowest BCUT2D eigenvalue weighted by Gasteiger charge is -2.35. The zero-order valence-corrected chi connectivity index (χ0v) is 17.0. The third-order valence-electron chi connectivity index (χ3n) is 5.35. The second-order valence-electron chi connectivity index (χ2n) is 7.24. The molecule has 0 bridgehead atoms.